The van der Waals surface area contributed by atoms with Gasteiger partial charge < -0.3 is 0 Å². The third-order valence-corrected chi connectivity index (χ3v) is 3.27. The first-order chi connectivity index (χ1) is 9.61. The highest BCUT2D eigenvalue weighted by Gasteiger charge is 2.14. The Labute approximate surface area is 113 Å². The Hall–Kier alpha value is -2.69. The van der Waals surface area contributed by atoms with E-state index in [1.807, 2.05) is 0 Å². The van der Waals surface area contributed by atoms with E-state index in [4.69, 9.17) is 0 Å². The number of halogens is 1. The average molecular weight is 270 g/mol. The van der Waals surface area contributed by atoms with Gasteiger partial charge in [-0.2, -0.15) is 0 Å². The van der Waals surface area contributed by atoms with Crippen molar-refractivity contribution in [2.45, 2.75) is 0 Å². The number of hydrogen-bond donors (Lipinski definition) is 0. The van der Waals surface area contributed by atoms with E-state index in [1.54, 1.807) is 37.4 Å². The third-order valence-electron chi connectivity index (χ3n) is 3.27. The Kier molecular flexibility index (Phi) is 2.75. The largest absolute Gasteiger partial charge is 0.335 e. The molecule has 3 rings (SSSR count). The van der Waals surface area contributed by atoms with Crippen molar-refractivity contribution in [3.63, 3.8) is 0 Å². The van der Waals surface area contributed by atoms with Gasteiger partial charge in [-0.05, 0) is 24.3 Å². The van der Waals surface area contributed by atoms with Crippen molar-refractivity contribution in [1.29, 1.82) is 0 Å². The van der Waals surface area contributed by atoms with Crippen LogP contribution in [0.4, 0.5) is 4.39 Å². The minimum atomic E-state index is -0.609. The fourth-order valence-electron chi connectivity index (χ4n) is 2.25. The second-order valence-corrected chi connectivity index (χ2v) is 4.45. The van der Waals surface area contributed by atoms with Gasteiger partial charge in [-0.3, -0.25) is 9.36 Å². The van der Waals surface area contributed by atoms with Gasteiger partial charge >= 0.3 is 5.69 Å². The summed E-state index contributed by atoms with van der Waals surface area (Å²) in [4.78, 5) is 24.8. The maximum Gasteiger partial charge on any atom is 0.335 e. The Morgan fingerprint density at radius 3 is 2.35 bits per heavy atom. The molecule has 0 aliphatic rings. The highest BCUT2D eigenvalue weighted by Crippen LogP contribution is 2.11. The van der Waals surface area contributed by atoms with Gasteiger partial charge in [-0.1, -0.05) is 24.3 Å². The Morgan fingerprint density at radius 1 is 0.950 bits per heavy atom. The van der Waals surface area contributed by atoms with Crippen molar-refractivity contribution in [2.24, 2.45) is 7.05 Å². The summed E-state index contributed by atoms with van der Waals surface area (Å²) < 4.78 is 16.1. The van der Waals surface area contributed by atoms with Crippen LogP contribution in [0.3, 0.4) is 0 Å². The molecule has 0 saturated heterocycles. The summed E-state index contributed by atoms with van der Waals surface area (Å²) in [5.74, 6) is -0.609. The first-order valence-electron chi connectivity index (χ1n) is 6.07. The Balaban J connectivity index is 2.53. The number of hydrogen-bond acceptors (Lipinski definition) is 2. The fourth-order valence-corrected chi connectivity index (χ4v) is 2.25. The number of aromatic nitrogens is 2. The molecule has 0 aliphatic heterocycles. The molecule has 0 N–H and O–H groups in total. The predicted molar refractivity (Wildman–Crippen MR) is 74.7 cm³/mol. The van der Waals surface area contributed by atoms with Gasteiger partial charge in [0.25, 0.3) is 5.56 Å². The topological polar surface area (TPSA) is 44.0 Å². The summed E-state index contributed by atoms with van der Waals surface area (Å²) >= 11 is 0. The Bertz CT molecular complexity index is 925. The normalized spacial score (nSPS) is 10.9. The lowest BCUT2D eigenvalue weighted by Crippen LogP contribution is -2.38. The van der Waals surface area contributed by atoms with Gasteiger partial charge in [-0.15, -0.1) is 0 Å². The molecule has 0 atom stereocenters. The van der Waals surface area contributed by atoms with Gasteiger partial charge in [0.05, 0.1) is 16.6 Å². The standard InChI is InChI=1S/C15H11FN2O2/c1-17-12-8-4-2-6-10(12)14(19)18(15(17)20)13-9-5-3-7-11(13)16/h2-9H,1H3. The lowest BCUT2D eigenvalue weighted by molar-refractivity contribution is 0.609. The minimum Gasteiger partial charge on any atom is -0.296 e. The maximum absolute atomic E-state index is 13.9. The molecule has 100 valence electrons. The number of benzene rings is 2. The smallest absolute Gasteiger partial charge is 0.296 e. The van der Waals surface area contributed by atoms with Crippen molar-refractivity contribution in [2.75, 3.05) is 0 Å². The Morgan fingerprint density at radius 2 is 1.60 bits per heavy atom. The second-order valence-electron chi connectivity index (χ2n) is 4.45. The molecule has 20 heavy (non-hydrogen) atoms. The molecule has 5 heteroatoms. The summed E-state index contributed by atoms with van der Waals surface area (Å²) in [6.07, 6.45) is 0. The zero-order chi connectivity index (χ0) is 14.3. The van der Waals surface area contributed by atoms with Crippen LogP contribution in [0.5, 0.6) is 0 Å². The van der Waals surface area contributed by atoms with Crippen molar-refractivity contribution in [1.82, 2.24) is 9.13 Å². The summed E-state index contributed by atoms with van der Waals surface area (Å²) in [5.41, 5.74) is -0.605. The molecule has 1 aromatic heterocycles. The van der Waals surface area contributed by atoms with Crippen LogP contribution < -0.4 is 11.2 Å². The van der Waals surface area contributed by atoms with E-state index in [-0.39, 0.29) is 5.69 Å². The quantitative estimate of drug-likeness (QED) is 0.677. The number of aryl methyl sites for hydroxylation is 1. The predicted octanol–water partition coefficient (Wildman–Crippen LogP) is 1.83. The highest BCUT2D eigenvalue weighted by atomic mass is 19.1. The van der Waals surface area contributed by atoms with E-state index in [0.717, 1.165) is 4.57 Å². The SMILES string of the molecule is Cn1c(=O)n(-c2ccccc2F)c(=O)c2ccccc21. The summed E-state index contributed by atoms with van der Waals surface area (Å²) in [6.45, 7) is 0. The van der Waals surface area contributed by atoms with Crippen LogP contribution in [0.25, 0.3) is 16.6 Å². The van der Waals surface area contributed by atoms with Gasteiger partial charge in [0, 0.05) is 7.05 Å². The number of fused-ring (bicyclic) bond motifs is 1. The van der Waals surface area contributed by atoms with E-state index >= 15 is 0 Å². The van der Waals surface area contributed by atoms with Crippen LogP contribution in [0.1, 0.15) is 0 Å². The molecule has 4 nitrogen and oxygen atoms in total. The molecule has 0 bridgehead atoms. The van der Waals surface area contributed by atoms with Crippen molar-refractivity contribution >= 4 is 10.9 Å². The minimum absolute atomic E-state index is 0.0381. The molecule has 0 saturated carbocycles. The summed E-state index contributed by atoms with van der Waals surface area (Å²) in [5, 5.41) is 0.373. The molecule has 0 aliphatic carbocycles. The molecular formula is C15H11FN2O2. The molecule has 0 spiro atoms. The van der Waals surface area contributed by atoms with E-state index in [0.29, 0.717) is 10.9 Å². The number of nitrogens with zero attached hydrogens (tertiary/aromatic N) is 2. The summed E-state index contributed by atoms with van der Waals surface area (Å²) in [6, 6.07) is 12.5. The van der Waals surface area contributed by atoms with Crippen LogP contribution in [0, 0.1) is 5.82 Å². The maximum atomic E-state index is 13.9. The van der Waals surface area contributed by atoms with Crippen LogP contribution in [-0.4, -0.2) is 9.13 Å². The lowest BCUT2D eigenvalue weighted by Gasteiger charge is -2.11. The van der Waals surface area contributed by atoms with Crippen LogP contribution in [-0.2, 0) is 7.05 Å². The third kappa shape index (κ3) is 1.67. The van der Waals surface area contributed by atoms with E-state index < -0.39 is 17.1 Å². The monoisotopic (exact) mass is 270 g/mol. The molecule has 2 aromatic carbocycles. The zero-order valence-electron chi connectivity index (χ0n) is 10.7. The van der Waals surface area contributed by atoms with Crippen molar-refractivity contribution in [3.05, 3.63) is 75.2 Å². The van der Waals surface area contributed by atoms with Crippen molar-refractivity contribution in [3.8, 4) is 5.69 Å². The van der Waals surface area contributed by atoms with Crippen LogP contribution >= 0.6 is 0 Å². The van der Waals surface area contributed by atoms with Gasteiger partial charge in [-0.25, -0.2) is 13.8 Å². The fraction of sp³-hybridized carbons (Fsp3) is 0.0667. The second kappa shape index (κ2) is 4.45. The molecular weight excluding hydrogens is 259 g/mol. The zero-order valence-corrected chi connectivity index (χ0v) is 10.7. The first kappa shape index (κ1) is 12.3. The van der Waals surface area contributed by atoms with Gasteiger partial charge in [0.15, 0.2) is 0 Å². The van der Waals surface area contributed by atoms with E-state index in [1.165, 1.54) is 22.8 Å². The average Bonchev–Trinajstić information content (AvgIpc) is 2.47. The molecule has 3 aromatic rings. The molecule has 1 heterocycles. The van der Waals surface area contributed by atoms with E-state index in [9.17, 15) is 14.0 Å². The number of rotatable bonds is 1. The first-order valence-corrected chi connectivity index (χ1v) is 6.07. The summed E-state index contributed by atoms with van der Waals surface area (Å²) in [7, 11) is 1.56. The highest BCUT2D eigenvalue weighted by molar-refractivity contribution is 5.78. The number of para-hydroxylation sites is 2. The lowest BCUT2D eigenvalue weighted by atomic mass is 10.2. The van der Waals surface area contributed by atoms with E-state index in [2.05, 4.69) is 0 Å². The van der Waals surface area contributed by atoms with Gasteiger partial charge in [0.2, 0.25) is 0 Å². The molecule has 0 amide bonds. The molecule has 0 radical (unpaired) electrons. The van der Waals surface area contributed by atoms with Gasteiger partial charge in [0.1, 0.15) is 5.82 Å². The molecule has 0 unspecified atom stereocenters. The van der Waals surface area contributed by atoms with Crippen molar-refractivity contribution < 1.29 is 4.39 Å². The van der Waals surface area contributed by atoms with Crippen LogP contribution in [0.2, 0.25) is 0 Å². The van der Waals surface area contributed by atoms with Crippen LogP contribution in [0.15, 0.2) is 58.1 Å². The molecule has 0 fully saturated rings.